The van der Waals surface area contributed by atoms with Gasteiger partial charge in [0.05, 0.1) is 33.9 Å². The fourth-order valence-electron chi connectivity index (χ4n) is 1.88. The van der Waals surface area contributed by atoms with E-state index in [4.69, 9.17) is 9.47 Å². The molecule has 23 heavy (non-hydrogen) atoms. The topological polar surface area (TPSA) is 64.4 Å². The summed E-state index contributed by atoms with van der Waals surface area (Å²) in [6.07, 6.45) is 0.876. The molecule has 0 aliphatic heterocycles. The summed E-state index contributed by atoms with van der Waals surface area (Å²) in [6.45, 7) is 5.43. The van der Waals surface area contributed by atoms with Crippen LogP contribution in [0.25, 0.3) is 0 Å². The summed E-state index contributed by atoms with van der Waals surface area (Å²) in [6, 6.07) is 7.23. The van der Waals surface area contributed by atoms with Gasteiger partial charge >= 0.3 is 0 Å². The van der Waals surface area contributed by atoms with Crippen LogP contribution in [0.5, 0.6) is 5.75 Å². The van der Waals surface area contributed by atoms with Crippen molar-refractivity contribution in [3.8, 4) is 5.75 Å². The van der Waals surface area contributed by atoms with Crippen molar-refractivity contribution in [2.45, 2.75) is 26.4 Å². The number of quaternary nitrogens is 1. The van der Waals surface area contributed by atoms with E-state index in [1.165, 1.54) is 4.90 Å². The van der Waals surface area contributed by atoms with Gasteiger partial charge in [-0.15, -0.1) is 0 Å². The zero-order chi connectivity index (χ0) is 17.2. The Hall–Kier alpha value is -2.08. The first-order chi connectivity index (χ1) is 10.9. The van der Waals surface area contributed by atoms with Gasteiger partial charge in [-0.1, -0.05) is 6.07 Å². The molecule has 0 saturated carbocycles. The van der Waals surface area contributed by atoms with Gasteiger partial charge in [0.2, 0.25) is 0 Å². The second-order valence-electron chi connectivity index (χ2n) is 5.85. The van der Waals surface area contributed by atoms with E-state index < -0.39 is 0 Å². The van der Waals surface area contributed by atoms with Crippen molar-refractivity contribution >= 4 is 11.9 Å². The predicted molar refractivity (Wildman–Crippen MR) is 91.3 cm³/mol. The molecule has 6 heteroatoms. The summed E-state index contributed by atoms with van der Waals surface area (Å²) in [5.41, 5.74) is 0.502. The number of rotatable bonds is 7. The quantitative estimate of drug-likeness (QED) is 0.442. The molecular weight excluding hydrogens is 294 g/mol. The molecule has 0 unspecified atom stereocenters. The van der Waals surface area contributed by atoms with Crippen LogP contribution in [0, 0.1) is 0 Å². The normalized spacial score (nSPS) is 11.7. The van der Waals surface area contributed by atoms with Crippen LogP contribution in [0.1, 0.15) is 30.6 Å². The maximum absolute atomic E-state index is 12.3. The molecule has 0 atom stereocenters. The number of hydrogen-bond acceptors (Lipinski definition) is 4. The van der Waals surface area contributed by atoms with E-state index in [1.54, 1.807) is 31.4 Å². The van der Waals surface area contributed by atoms with Gasteiger partial charge in [-0.2, -0.15) is 0 Å². The smallest absolute Gasteiger partial charge is 0.291 e. The number of benzene rings is 1. The molecule has 0 aliphatic carbocycles. The maximum atomic E-state index is 12.3. The van der Waals surface area contributed by atoms with Crippen molar-refractivity contribution < 1.29 is 19.2 Å². The average molecular weight is 322 g/mol. The van der Waals surface area contributed by atoms with E-state index in [1.807, 2.05) is 13.8 Å². The number of ether oxygens (including phenoxy) is 2. The molecule has 1 amide bonds. The molecule has 0 bridgehead atoms. The predicted octanol–water partition coefficient (Wildman–Crippen LogP) is 0.741. The van der Waals surface area contributed by atoms with E-state index in [0.717, 1.165) is 13.0 Å². The van der Waals surface area contributed by atoms with Gasteiger partial charge in [0.25, 0.3) is 11.9 Å². The third-order valence-electron chi connectivity index (χ3n) is 2.99. The third-order valence-corrected chi connectivity index (χ3v) is 2.99. The van der Waals surface area contributed by atoms with Crippen LogP contribution >= 0.6 is 0 Å². The number of nitrogens with one attached hydrogen (secondary N) is 2. The molecule has 0 radical (unpaired) electrons. The molecule has 0 aromatic heterocycles. The molecule has 128 valence electrons. The SMILES string of the molecule is COc1cccc(C(=O)NC(=NCCC[NH+](C)C)OC(C)C)c1. The number of aliphatic imine (C=N–C) groups is 1. The van der Waals surface area contributed by atoms with Gasteiger partial charge in [0.15, 0.2) is 0 Å². The largest absolute Gasteiger partial charge is 0.497 e. The molecule has 1 aromatic carbocycles. The lowest BCUT2D eigenvalue weighted by Crippen LogP contribution is -3.05. The zero-order valence-corrected chi connectivity index (χ0v) is 14.7. The summed E-state index contributed by atoms with van der Waals surface area (Å²) in [7, 11) is 5.76. The van der Waals surface area contributed by atoms with Gasteiger partial charge in [0.1, 0.15) is 5.75 Å². The van der Waals surface area contributed by atoms with Crippen LogP contribution < -0.4 is 15.0 Å². The minimum Gasteiger partial charge on any atom is -0.497 e. The number of methoxy groups -OCH3 is 1. The van der Waals surface area contributed by atoms with Gasteiger partial charge in [-0.3, -0.25) is 10.1 Å². The molecule has 2 N–H and O–H groups in total. The molecule has 0 fully saturated rings. The van der Waals surface area contributed by atoms with Gasteiger partial charge in [-0.05, 0) is 32.0 Å². The zero-order valence-electron chi connectivity index (χ0n) is 14.7. The first-order valence-corrected chi connectivity index (χ1v) is 7.88. The highest BCUT2D eigenvalue weighted by Gasteiger charge is 2.12. The number of amides is 1. The molecule has 1 aromatic rings. The standard InChI is InChI=1S/C17H27N3O3/c1-13(2)23-17(18-10-7-11-20(3)4)19-16(21)14-8-6-9-15(12-14)22-5/h6,8-9,12-13H,7,10-11H2,1-5H3,(H,18,19,21)/p+1. The second-order valence-corrected chi connectivity index (χ2v) is 5.85. The summed E-state index contributed by atoms with van der Waals surface area (Å²) >= 11 is 0. The molecule has 0 heterocycles. The van der Waals surface area contributed by atoms with E-state index in [-0.39, 0.29) is 18.0 Å². The number of amidine groups is 1. The molecular formula is C17H28N3O3+. The number of hydrogen-bond donors (Lipinski definition) is 2. The van der Waals surface area contributed by atoms with Crippen molar-refractivity contribution in [1.29, 1.82) is 0 Å². The minimum atomic E-state index is -0.262. The van der Waals surface area contributed by atoms with E-state index in [2.05, 4.69) is 24.4 Å². The van der Waals surface area contributed by atoms with Crippen LogP contribution in [0.15, 0.2) is 29.3 Å². The van der Waals surface area contributed by atoms with Crippen molar-refractivity contribution in [2.75, 3.05) is 34.3 Å². The number of nitrogens with zero attached hydrogens (tertiary/aromatic N) is 1. The molecule has 0 saturated heterocycles. The van der Waals surface area contributed by atoms with Crippen molar-refractivity contribution in [1.82, 2.24) is 5.32 Å². The van der Waals surface area contributed by atoms with Crippen molar-refractivity contribution in [2.24, 2.45) is 4.99 Å². The lowest BCUT2D eigenvalue weighted by Gasteiger charge is -2.14. The lowest BCUT2D eigenvalue weighted by molar-refractivity contribution is -0.858. The monoisotopic (exact) mass is 322 g/mol. The Morgan fingerprint density at radius 3 is 2.70 bits per heavy atom. The molecule has 0 aliphatic rings. The first kappa shape index (κ1) is 19.0. The van der Waals surface area contributed by atoms with E-state index in [0.29, 0.717) is 17.9 Å². The highest BCUT2D eigenvalue weighted by atomic mass is 16.5. The summed E-state index contributed by atoms with van der Waals surface area (Å²) in [5, 5.41) is 2.73. The summed E-state index contributed by atoms with van der Waals surface area (Å²) < 4.78 is 10.7. The summed E-state index contributed by atoms with van der Waals surface area (Å²) in [4.78, 5) is 18.0. The van der Waals surface area contributed by atoms with Crippen LogP contribution in [-0.2, 0) is 4.74 Å². The fourth-order valence-corrected chi connectivity index (χ4v) is 1.88. The van der Waals surface area contributed by atoms with Crippen LogP contribution in [0.2, 0.25) is 0 Å². The highest BCUT2D eigenvalue weighted by Crippen LogP contribution is 2.12. The molecule has 1 rings (SSSR count). The Balaban J connectivity index is 2.71. The van der Waals surface area contributed by atoms with Gasteiger partial charge in [-0.25, -0.2) is 4.99 Å². The third kappa shape index (κ3) is 7.65. The Morgan fingerprint density at radius 1 is 1.35 bits per heavy atom. The van der Waals surface area contributed by atoms with Gasteiger partial charge < -0.3 is 14.4 Å². The second kappa shape index (κ2) is 9.84. The highest BCUT2D eigenvalue weighted by molar-refractivity contribution is 6.04. The summed E-state index contributed by atoms with van der Waals surface area (Å²) in [5.74, 6) is 0.372. The number of carbonyl (C=O) groups excluding carboxylic acids is 1. The Bertz CT molecular complexity index is 528. The maximum Gasteiger partial charge on any atom is 0.291 e. The Labute approximate surface area is 138 Å². The average Bonchev–Trinajstić information content (AvgIpc) is 2.50. The van der Waals surface area contributed by atoms with Crippen molar-refractivity contribution in [3.63, 3.8) is 0 Å². The number of carbonyl (C=O) groups is 1. The molecule has 6 nitrogen and oxygen atoms in total. The minimum absolute atomic E-state index is 0.0566. The Morgan fingerprint density at radius 2 is 2.09 bits per heavy atom. The fraction of sp³-hybridized carbons (Fsp3) is 0.529. The van der Waals surface area contributed by atoms with Gasteiger partial charge in [0, 0.05) is 18.5 Å². The Kier molecular flexibility index (Phi) is 8.11. The van der Waals surface area contributed by atoms with Crippen LogP contribution in [0.4, 0.5) is 0 Å². The molecule has 0 spiro atoms. The first-order valence-electron chi connectivity index (χ1n) is 7.88. The van der Waals surface area contributed by atoms with Crippen molar-refractivity contribution in [3.05, 3.63) is 29.8 Å². The van der Waals surface area contributed by atoms with E-state index >= 15 is 0 Å². The van der Waals surface area contributed by atoms with Crippen LogP contribution in [0.3, 0.4) is 0 Å². The lowest BCUT2D eigenvalue weighted by atomic mass is 10.2. The van der Waals surface area contributed by atoms with E-state index in [9.17, 15) is 4.79 Å². The van der Waals surface area contributed by atoms with Crippen LogP contribution in [-0.4, -0.2) is 52.3 Å².